The van der Waals surface area contributed by atoms with Crippen molar-refractivity contribution in [2.75, 3.05) is 13.1 Å². The summed E-state index contributed by atoms with van der Waals surface area (Å²) in [5.74, 6) is 0.857. The monoisotopic (exact) mass is 189 g/mol. The first-order chi connectivity index (χ1) is 6.75. The van der Waals surface area contributed by atoms with E-state index in [1.807, 2.05) is 0 Å². The van der Waals surface area contributed by atoms with Crippen molar-refractivity contribution in [1.82, 2.24) is 5.32 Å². The molecule has 1 aromatic carbocycles. The highest BCUT2D eigenvalue weighted by atomic mass is 14.9. The SMILES string of the molecule is Cc1ccc(C)c(CC2CCNC2)c1. The van der Waals surface area contributed by atoms with Crippen molar-refractivity contribution < 1.29 is 0 Å². The van der Waals surface area contributed by atoms with Crippen LogP contribution in [-0.4, -0.2) is 13.1 Å². The Balaban J connectivity index is 2.10. The predicted octanol–water partition coefficient (Wildman–Crippen LogP) is 2.46. The number of benzene rings is 1. The van der Waals surface area contributed by atoms with E-state index in [2.05, 4.69) is 37.4 Å². The smallest absolute Gasteiger partial charge is 0.00169 e. The van der Waals surface area contributed by atoms with E-state index >= 15 is 0 Å². The van der Waals surface area contributed by atoms with Gasteiger partial charge >= 0.3 is 0 Å². The molecule has 1 heteroatoms. The molecule has 1 fully saturated rings. The summed E-state index contributed by atoms with van der Waals surface area (Å²) in [5.41, 5.74) is 4.37. The highest BCUT2D eigenvalue weighted by Crippen LogP contribution is 2.19. The maximum atomic E-state index is 3.43. The average molecular weight is 189 g/mol. The van der Waals surface area contributed by atoms with Crippen LogP contribution in [0.2, 0.25) is 0 Å². The molecule has 0 spiro atoms. The number of hydrogen-bond acceptors (Lipinski definition) is 1. The van der Waals surface area contributed by atoms with Gasteiger partial charge in [-0.2, -0.15) is 0 Å². The Bertz CT molecular complexity index is 311. The fourth-order valence-corrected chi connectivity index (χ4v) is 2.22. The van der Waals surface area contributed by atoms with Gasteiger partial charge in [-0.15, -0.1) is 0 Å². The number of rotatable bonds is 2. The summed E-state index contributed by atoms with van der Waals surface area (Å²) in [6.45, 7) is 6.80. The van der Waals surface area contributed by atoms with Crippen molar-refractivity contribution in [2.45, 2.75) is 26.7 Å². The molecule has 1 aliphatic heterocycles. The minimum atomic E-state index is 0.857. The Labute approximate surface area is 86.5 Å². The number of nitrogens with one attached hydrogen (secondary N) is 1. The molecule has 76 valence electrons. The van der Waals surface area contributed by atoms with Gasteiger partial charge in [-0.3, -0.25) is 0 Å². The third-order valence-corrected chi connectivity index (χ3v) is 3.18. The normalized spacial score (nSPS) is 21.4. The Morgan fingerprint density at radius 3 is 2.93 bits per heavy atom. The molecule has 2 rings (SSSR count). The third kappa shape index (κ3) is 2.16. The molecule has 1 saturated heterocycles. The minimum Gasteiger partial charge on any atom is -0.316 e. The van der Waals surface area contributed by atoms with Crippen molar-refractivity contribution in [2.24, 2.45) is 5.92 Å². The first-order valence-corrected chi connectivity index (χ1v) is 5.52. The molecule has 1 aromatic rings. The maximum absolute atomic E-state index is 3.43. The standard InChI is InChI=1S/C13H19N/c1-10-3-4-11(2)13(7-10)8-12-5-6-14-9-12/h3-4,7,12,14H,5-6,8-9H2,1-2H3. The van der Waals surface area contributed by atoms with Gasteiger partial charge in [0.1, 0.15) is 0 Å². The van der Waals surface area contributed by atoms with E-state index < -0.39 is 0 Å². The highest BCUT2D eigenvalue weighted by Gasteiger charge is 2.15. The van der Waals surface area contributed by atoms with Crippen molar-refractivity contribution in [3.8, 4) is 0 Å². The summed E-state index contributed by atoms with van der Waals surface area (Å²) in [6, 6.07) is 6.78. The van der Waals surface area contributed by atoms with Crippen molar-refractivity contribution in [3.05, 3.63) is 34.9 Å². The highest BCUT2D eigenvalue weighted by molar-refractivity contribution is 5.30. The van der Waals surface area contributed by atoms with E-state index in [0.29, 0.717) is 0 Å². The van der Waals surface area contributed by atoms with Crippen LogP contribution in [0.4, 0.5) is 0 Å². The van der Waals surface area contributed by atoms with E-state index in [9.17, 15) is 0 Å². The molecule has 1 unspecified atom stereocenters. The van der Waals surface area contributed by atoms with Gasteiger partial charge in [-0.05, 0) is 56.8 Å². The van der Waals surface area contributed by atoms with Gasteiger partial charge in [0.2, 0.25) is 0 Å². The van der Waals surface area contributed by atoms with Gasteiger partial charge in [0.15, 0.2) is 0 Å². The maximum Gasteiger partial charge on any atom is -0.00169 e. The van der Waals surface area contributed by atoms with E-state index in [-0.39, 0.29) is 0 Å². The second-order valence-corrected chi connectivity index (χ2v) is 4.49. The Morgan fingerprint density at radius 1 is 1.36 bits per heavy atom. The second kappa shape index (κ2) is 4.14. The summed E-state index contributed by atoms with van der Waals surface area (Å²) >= 11 is 0. The third-order valence-electron chi connectivity index (χ3n) is 3.18. The van der Waals surface area contributed by atoms with E-state index in [4.69, 9.17) is 0 Å². The summed E-state index contributed by atoms with van der Waals surface area (Å²) < 4.78 is 0. The van der Waals surface area contributed by atoms with Crippen molar-refractivity contribution >= 4 is 0 Å². The lowest BCUT2D eigenvalue weighted by atomic mass is 9.94. The first-order valence-electron chi connectivity index (χ1n) is 5.52. The molecule has 0 saturated carbocycles. The first kappa shape index (κ1) is 9.72. The van der Waals surface area contributed by atoms with Gasteiger partial charge in [0.05, 0.1) is 0 Å². The fraction of sp³-hybridized carbons (Fsp3) is 0.538. The van der Waals surface area contributed by atoms with Crippen LogP contribution in [0.1, 0.15) is 23.1 Å². The molecule has 1 nitrogen and oxygen atoms in total. The summed E-state index contributed by atoms with van der Waals surface area (Å²) in [5, 5.41) is 3.43. The Morgan fingerprint density at radius 2 is 2.21 bits per heavy atom. The topological polar surface area (TPSA) is 12.0 Å². The molecule has 0 amide bonds. The summed E-state index contributed by atoms with van der Waals surface area (Å²) in [7, 11) is 0. The van der Waals surface area contributed by atoms with Crippen LogP contribution in [-0.2, 0) is 6.42 Å². The van der Waals surface area contributed by atoms with Crippen molar-refractivity contribution in [3.63, 3.8) is 0 Å². The molecule has 1 N–H and O–H groups in total. The van der Waals surface area contributed by atoms with E-state index in [1.54, 1.807) is 5.56 Å². The quantitative estimate of drug-likeness (QED) is 0.753. The lowest BCUT2D eigenvalue weighted by Gasteiger charge is -2.11. The van der Waals surface area contributed by atoms with Crippen LogP contribution in [0.3, 0.4) is 0 Å². The zero-order valence-corrected chi connectivity index (χ0v) is 9.14. The zero-order chi connectivity index (χ0) is 9.97. The Hall–Kier alpha value is -0.820. The van der Waals surface area contributed by atoms with E-state index in [0.717, 1.165) is 5.92 Å². The second-order valence-electron chi connectivity index (χ2n) is 4.49. The molecule has 0 radical (unpaired) electrons. The zero-order valence-electron chi connectivity index (χ0n) is 9.14. The average Bonchev–Trinajstić information content (AvgIpc) is 2.64. The summed E-state index contributed by atoms with van der Waals surface area (Å²) in [4.78, 5) is 0. The molecule has 14 heavy (non-hydrogen) atoms. The molecule has 1 atom stereocenters. The largest absolute Gasteiger partial charge is 0.316 e. The van der Waals surface area contributed by atoms with E-state index in [1.165, 1.54) is 37.1 Å². The molecular formula is C13H19N. The van der Waals surface area contributed by atoms with Gasteiger partial charge < -0.3 is 5.32 Å². The predicted molar refractivity (Wildman–Crippen MR) is 60.6 cm³/mol. The van der Waals surface area contributed by atoms with Crippen LogP contribution in [0.25, 0.3) is 0 Å². The van der Waals surface area contributed by atoms with Gasteiger partial charge in [-0.25, -0.2) is 0 Å². The molecule has 0 bridgehead atoms. The van der Waals surface area contributed by atoms with Crippen molar-refractivity contribution in [1.29, 1.82) is 0 Å². The molecule has 0 aromatic heterocycles. The molecule has 1 heterocycles. The molecular weight excluding hydrogens is 170 g/mol. The van der Waals surface area contributed by atoms with Gasteiger partial charge in [0.25, 0.3) is 0 Å². The lowest BCUT2D eigenvalue weighted by Crippen LogP contribution is -2.11. The van der Waals surface area contributed by atoms with Crippen LogP contribution < -0.4 is 5.32 Å². The lowest BCUT2D eigenvalue weighted by molar-refractivity contribution is 0.578. The summed E-state index contributed by atoms with van der Waals surface area (Å²) in [6.07, 6.45) is 2.59. The molecule has 1 aliphatic rings. The fourth-order valence-electron chi connectivity index (χ4n) is 2.22. The van der Waals surface area contributed by atoms with Gasteiger partial charge in [0, 0.05) is 0 Å². The van der Waals surface area contributed by atoms with Crippen LogP contribution in [0.5, 0.6) is 0 Å². The molecule has 0 aliphatic carbocycles. The van der Waals surface area contributed by atoms with Crippen LogP contribution in [0.15, 0.2) is 18.2 Å². The number of aryl methyl sites for hydroxylation is 2. The number of hydrogen-bond donors (Lipinski definition) is 1. The van der Waals surface area contributed by atoms with Crippen LogP contribution in [0, 0.1) is 19.8 Å². The van der Waals surface area contributed by atoms with Crippen LogP contribution >= 0.6 is 0 Å². The van der Waals surface area contributed by atoms with Gasteiger partial charge in [-0.1, -0.05) is 23.8 Å². The minimum absolute atomic E-state index is 0.857. The Kier molecular flexibility index (Phi) is 2.87.